The quantitative estimate of drug-likeness (QED) is 0.353. The summed E-state index contributed by atoms with van der Waals surface area (Å²) in [5.41, 5.74) is 0.780. The van der Waals surface area contributed by atoms with Crippen LogP contribution in [0.2, 0.25) is 0 Å². The molecule has 0 spiro atoms. The second kappa shape index (κ2) is 16.5. The molecule has 2 rings (SSSR count). The Morgan fingerprint density at radius 3 is 1.96 bits per heavy atom. The summed E-state index contributed by atoms with van der Waals surface area (Å²) in [7, 11) is -6.22. The zero-order valence-electron chi connectivity index (χ0n) is 13.7. The third-order valence-electron chi connectivity index (χ3n) is 2.24. The fourth-order valence-electron chi connectivity index (χ4n) is 1.50. The van der Waals surface area contributed by atoms with E-state index in [1.54, 1.807) is 0 Å². The molecule has 0 atom stereocenters. The number of carbonyl (C=O) groups excluding carboxylic acids is 2. The monoisotopic (exact) mass is 421 g/mol. The van der Waals surface area contributed by atoms with Crippen molar-refractivity contribution in [3.63, 3.8) is 0 Å². The van der Waals surface area contributed by atoms with Crippen molar-refractivity contribution in [2.75, 3.05) is 13.2 Å². The first-order chi connectivity index (χ1) is 11.2. The van der Waals surface area contributed by atoms with Crippen molar-refractivity contribution in [2.45, 2.75) is 0 Å². The van der Waals surface area contributed by atoms with Crippen LogP contribution in [0.4, 0.5) is 0 Å². The maximum absolute atomic E-state index is 11.9. The number of rotatable bonds is 3. The van der Waals surface area contributed by atoms with E-state index in [1.165, 1.54) is 18.2 Å². The van der Waals surface area contributed by atoms with Crippen molar-refractivity contribution in [2.24, 2.45) is 0 Å². The number of hydrogen-bond donors (Lipinski definition) is 2. The van der Waals surface area contributed by atoms with Gasteiger partial charge in [-0.05, 0) is 6.08 Å². The molecule has 0 bridgehead atoms. The molecule has 0 aliphatic heterocycles. The van der Waals surface area contributed by atoms with E-state index in [4.69, 9.17) is 30.4 Å². The van der Waals surface area contributed by atoms with Crippen LogP contribution in [0.3, 0.4) is 0 Å². The molecule has 1 aliphatic rings. The van der Waals surface area contributed by atoms with Crippen molar-refractivity contribution in [3.8, 4) is 0 Å². The van der Waals surface area contributed by atoms with E-state index >= 15 is 0 Å². The molecule has 0 saturated carbocycles. The van der Waals surface area contributed by atoms with E-state index in [0.717, 1.165) is 0 Å². The van der Waals surface area contributed by atoms with E-state index < -0.39 is 21.2 Å². The van der Waals surface area contributed by atoms with Crippen LogP contribution in [0.25, 0.3) is 0 Å². The molecule has 14 heteroatoms. The number of hydrogen-bond acceptors (Lipinski definition) is 10. The summed E-state index contributed by atoms with van der Waals surface area (Å²) in [6.07, 6.45) is 1.24. The van der Waals surface area contributed by atoms with Gasteiger partial charge in [-0.1, -0.05) is 0 Å². The van der Waals surface area contributed by atoms with Crippen LogP contribution in [0.15, 0.2) is 23.9 Å². The van der Waals surface area contributed by atoms with Gasteiger partial charge in [0.25, 0.3) is 0 Å². The van der Waals surface area contributed by atoms with Crippen LogP contribution < -0.4 is 64.4 Å². The maximum Gasteiger partial charge on any atom is 1.00 e. The molecular formula is C12H9NNa2O9S2. The summed E-state index contributed by atoms with van der Waals surface area (Å²) in [5, 5.41) is 11.3. The van der Waals surface area contributed by atoms with Gasteiger partial charge < -0.3 is 33.4 Å². The Morgan fingerprint density at radius 1 is 1.00 bits per heavy atom. The first-order valence-corrected chi connectivity index (χ1v) is 7.81. The van der Waals surface area contributed by atoms with E-state index in [-0.39, 0.29) is 95.1 Å². The second-order valence-electron chi connectivity index (χ2n) is 3.70. The third-order valence-corrected chi connectivity index (χ3v) is 2.24. The average Bonchev–Trinajstić information content (AvgIpc) is 2.48. The molecule has 1 aromatic rings. The van der Waals surface area contributed by atoms with Gasteiger partial charge in [0.05, 0.1) is 18.1 Å². The van der Waals surface area contributed by atoms with Crippen LogP contribution in [0, 0.1) is 12.1 Å². The standard InChI is InChI=1S/C12H9NO3.2Na.2O3S/c14-6-5-13-10-7-11(15)8-3-1-2-4-9(8)12(10)16;;;2*1-4(2)3/h2-3,7,13-14H,5-6H2;;;;/q-2;2*+1;;. The molecule has 0 radical (unpaired) electrons. The first kappa shape index (κ1) is 30.0. The van der Waals surface area contributed by atoms with E-state index in [1.807, 2.05) is 0 Å². The first-order valence-electron chi connectivity index (χ1n) is 5.81. The van der Waals surface area contributed by atoms with Gasteiger partial charge in [-0.25, -0.2) is 0 Å². The Hall–Kier alpha value is -0.700. The molecule has 1 aromatic carbocycles. The van der Waals surface area contributed by atoms with Crippen LogP contribution >= 0.6 is 0 Å². The Labute approximate surface area is 195 Å². The van der Waals surface area contributed by atoms with Gasteiger partial charge in [0.1, 0.15) is 0 Å². The molecule has 26 heavy (non-hydrogen) atoms. The van der Waals surface area contributed by atoms with Gasteiger partial charge in [-0.3, -0.25) is 10.9 Å². The van der Waals surface area contributed by atoms with Gasteiger partial charge in [-0.15, -0.1) is 25.3 Å². The molecule has 0 fully saturated rings. The number of carbonyl (C=O) groups is 2. The molecule has 2 N–H and O–H groups in total. The molecular weight excluding hydrogens is 412 g/mol. The Balaban J connectivity index is -0.000000454. The minimum Gasteiger partial charge on any atom is -0.395 e. The summed E-state index contributed by atoms with van der Waals surface area (Å²) in [6.45, 7) is 0.136. The Kier molecular flexibility index (Phi) is 19.0. The molecule has 0 saturated heterocycles. The van der Waals surface area contributed by atoms with Gasteiger partial charge in [0.2, 0.25) is 0 Å². The minimum atomic E-state index is -3.11. The zero-order chi connectivity index (χ0) is 18.7. The summed E-state index contributed by atoms with van der Waals surface area (Å²) < 4.78 is 50.7. The number of allylic oxidation sites excluding steroid dienone is 2. The van der Waals surface area contributed by atoms with Gasteiger partial charge in [0.15, 0.2) is 5.78 Å². The predicted octanol–water partition coefficient (Wildman–Crippen LogP) is -7.87. The molecule has 1 aliphatic carbocycles. The number of aliphatic hydroxyl groups is 1. The topological polar surface area (TPSA) is 169 Å². The average molecular weight is 421 g/mol. The van der Waals surface area contributed by atoms with Crippen molar-refractivity contribution in [1.82, 2.24) is 5.32 Å². The van der Waals surface area contributed by atoms with E-state index in [0.29, 0.717) is 5.56 Å². The number of aliphatic hydroxyl groups excluding tert-OH is 1. The number of nitrogens with one attached hydrogen (secondary N) is 1. The van der Waals surface area contributed by atoms with Gasteiger partial charge in [-0.2, -0.15) is 11.1 Å². The van der Waals surface area contributed by atoms with Gasteiger partial charge >= 0.3 is 80.3 Å². The predicted molar refractivity (Wildman–Crippen MR) is 75.3 cm³/mol. The third kappa shape index (κ3) is 12.6. The molecule has 130 valence electrons. The molecule has 10 nitrogen and oxygen atoms in total. The number of ketones is 2. The fraction of sp³-hybridized carbons (Fsp3) is 0.167. The second-order valence-corrected chi connectivity index (χ2v) is 4.51. The van der Waals surface area contributed by atoms with Crippen molar-refractivity contribution in [1.29, 1.82) is 0 Å². The molecule has 0 unspecified atom stereocenters. The Bertz CT molecular complexity index is 821. The van der Waals surface area contributed by atoms with Crippen LogP contribution in [-0.2, 0) is 21.2 Å². The number of Topliss-reactive ketones (excluding diaryl/α,β-unsaturated/α-hetero) is 1. The van der Waals surface area contributed by atoms with Crippen LogP contribution in [0.1, 0.15) is 20.7 Å². The smallest absolute Gasteiger partial charge is 0.395 e. The summed E-state index contributed by atoms with van der Waals surface area (Å²) >= 11 is 0. The Morgan fingerprint density at radius 2 is 1.50 bits per heavy atom. The van der Waals surface area contributed by atoms with Crippen LogP contribution in [-0.4, -0.2) is 55.1 Å². The van der Waals surface area contributed by atoms with E-state index in [2.05, 4.69) is 17.4 Å². The van der Waals surface area contributed by atoms with E-state index in [9.17, 15) is 9.59 Å². The largest absolute Gasteiger partial charge is 1.00 e. The van der Waals surface area contributed by atoms with Crippen molar-refractivity contribution < 1.29 is 99.1 Å². The van der Waals surface area contributed by atoms with Crippen molar-refractivity contribution >= 4 is 32.8 Å². The summed E-state index contributed by atoms with van der Waals surface area (Å²) in [4.78, 5) is 23.5. The number of fused-ring (bicyclic) bond motifs is 1. The fourth-order valence-corrected chi connectivity index (χ4v) is 1.50. The minimum absolute atomic E-state index is 0. The van der Waals surface area contributed by atoms with Crippen LogP contribution in [0.5, 0.6) is 0 Å². The normalized spacial score (nSPS) is 10.7. The summed E-state index contributed by atoms with van der Waals surface area (Å²) in [6, 6.07) is 8.37. The number of benzene rings is 1. The SMILES string of the molecule is O=C1C(NCCO)=CC(=O)c2c[c-]c[c-]c21.O=S(=O)=O.O=S(=O)=O.[Na+].[Na+]. The van der Waals surface area contributed by atoms with Crippen molar-refractivity contribution in [3.05, 3.63) is 47.2 Å². The van der Waals surface area contributed by atoms with Gasteiger partial charge in [0, 0.05) is 6.54 Å². The molecule has 0 amide bonds. The summed E-state index contributed by atoms with van der Waals surface area (Å²) in [5.74, 6) is -0.528. The zero-order valence-corrected chi connectivity index (χ0v) is 19.3. The molecule has 0 heterocycles. The maximum atomic E-state index is 11.9. The molecule has 0 aromatic heterocycles.